The summed E-state index contributed by atoms with van der Waals surface area (Å²) < 4.78 is 0. The summed E-state index contributed by atoms with van der Waals surface area (Å²) in [5.74, 6) is 0. The maximum absolute atomic E-state index is 5.87. The fraction of sp³-hybridized carbons (Fsp3) is 1.00. The molecule has 0 aromatic heterocycles. The van der Waals surface area contributed by atoms with Crippen molar-refractivity contribution in [2.75, 3.05) is 0 Å². The summed E-state index contributed by atoms with van der Waals surface area (Å²) in [5.41, 5.74) is -0.698. The zero-order valence-corrected chi connectivity index (χ0v) is 15.0. The van der Waals surface area contributed by atoms with Gasteiger partial charge in [-0.05, 0) is 73.6 Å². The molecule has 0 N–H and O–H groups in total. The van der Waals surface area contributed by atoms with E-state index in [0.717, 1.165) is 38.5 Å². The topological polar surface area (TPSA) is 36.9 Å². The van der Waals surface area contributed by atoms with Crippen LogP contribution in [0.15, 0.2) is 0 Å². The molecule has 1 aliphatic rings. The van der Waals surface area contributed by atoms with Crippen molar-refractivity contribution in [2.24, 2.45) is 0 Å². The highest BCUT2D eigenvalue weighted by molar-refractivity contribution is 4.86. The van der Waals surface area contributed by atoms with Crippen LogP contribution in [0.25, 0.3) is 0 Å². The Morgan fingerprint density at radius 2 is 1.43 bits per heavy atom. The van der Waals surface area contributed by atoms with E-state index < -0.39 is 0 Å². The molecule has 1 fully saturated rings. The lowest BCUT2D eigenvalue weighted by molar-refractivity contribution is -0.420. The van der Waals surface area contributed by atoms with Crippen molar-refractivity contribution in [3.63, 3.8) is 0 Å². The molecule has 1 aliphatic carbocycles. The van der Waals surface area contributed by atoms with Gasteiger partial charge >= 0.3 is 0 Å². The molecule has 0 radical (unpaired) electrons. The molecule has 0 amide bonds. The smallest absolute Gasteiger partial charge is 0.104 e. The summed E-state index contributed by atoms with van der Waals surface area (Å²) in [4.78, 5) is 22.5. The number of hydrogen-bond acceptors (Lipinski definition) is 4. The molecule has 126 valence electrons. The molecule has 0 unspecified atom stereocenters. The molecule has 0 aromatic rings. The van der Waals surface area contributed by atoms with Crippen LogP contribution in [0.1, 0.15) is 87.0 Å². The van der Waals surface area contributed by atoms with Crippen molar-refractivity contribution in [3.05, 3.63) is 0 Å². The fourth-order valence-corrected chi connectivity index (χ4v) is 2.47. The van der Waals surface area contributed by atoms with Gasteiger partial charge in [0.25, 0.3) is 0 Å². The van der Waals surface area contributed by atoms with Gasteiger partial charge in [0.1, 0.15) is 5.60 Å². The Labute approximate surface area is 130 Å². The predicted octanol–water partition coefficient (Wildman–Crippen LogP) is 4.96. The molecular formula is C17H34O4. The molecular weight excluding hydrogens is 268 g/mol. The molecule has 21 heavy (non-hydrogen) atoms. The van der Waals surface area contributed by atoms with Gasteiger partial charge in [-0.3, -0.25) is 0 Å². The van der Waals surface area contributed by atoms with Crippen molar-refractivity contribution >= 4 is 0 Å². The van der Waals surface area contributed by atoms with Gasteiger partial charge in [-0.25, -0.2) is 19.6 Å². The predicted molar refractivity (Wildman–Crippen MR) is 83.7 cm³/mol. The van der Waals surface area contributed by atoms with E-state index in [1.807, 2.05) is 41.5 Å². The van der Waals surface area contributed by atoms with Crippen LogP contribution in [0, 0.1) is 0 Å². The summed E-state index contributed by atoms with van der Waals surface area (Å²) in [5, 5.41) is 0. The van der Waals surface area contributed by atoms with E-state index in [1.165, 1.54) is 0 Å². The highest BCUT2D eigenvalue weighted by Gasteiger charge is 2.39. The van der Waals surface area contributed by atoms with Gasteiger partial charge in [0, 0.05) is 0 Å². The first-order chi connectivity index (χ1) is 9.55. The molecule has 0 spiro atoms. The second-order valence-electron chi connectivity index (χ2n) is 8.20. The van der Waals surface area contributed by atoms with Crippen LogP contribution in [0.3, 0.4) is 0 Å². The van der Waals surface area contributed by atoms with Gasteiger partial charge in [0.2, 0.25) is 0 Å². The summed E-state index contributed by atoms with van der Waals surface area (Å²) in [6.45, 7) is 14.2. The normalized spacial score (nSPS) is 27.9. The molecule has 4 nitrogen and oxygen atoms in total. The molecule has 4 heteroatoms. The van der Waals surface area contributed by atoms with E-state index in [4.69, 9.17) is 19.6 Å². The average molecular weight is 302 g/mol. The molecule has 0 bridgehead atoms. The van der Waals surface area contributed by atoms with Gasteiger partial charge in [-0.15, -0.1) is 0 Å². The SMILES string of the molecule is CCCC1(OOC(C)(C)C)CCC(OOC(C)(C)C)CC1. The lowest BCUT2D eigenvalue weighted by atomic mass is 9.80. The minimum Gasteiger partial charge on any atom is -0.233 e. The zero-order chi connectivity index (χ0) is 16.1. The maximum atomic E-state index is 5.87. The summed E-state index contributed by atoms with van der Waals surface area (Å²) >= 11 is 0. The van der Waals surface area contributed by atoms with Crippen LogP contribution in [0.4, 0.5) is 0 Å². The van der Waals surface area contributed by atoms with Gasteiger partial charge in [-0.2, -0.15) is 0 Å². The Balaban J connectivity index is 2.47. The van der Waals surface area contributed by atoms with Crippen molar-refractivity contribution < 1.29 is 19.6 Å². The lowest BCUT2D eigenvalue weighted by Crippen LogP contribution is -2.41. The van der Waals surface area contributed by atoms with Crippen molar-refractivity contribution in [1.29, 1.82) is 0 Å². The van der Waals surface area contributed by atoms with E-state index in [-0.39, 0.29) is 22.9 Å². The third kappa shape index (κ3) is 7.59. The monoisotopic (exact) mass is 302 g/mol. The Morgan fingerprint density at radius 3 is 1.86 bits per heavy atom. The molecule has 0 aliphatic heterocycles. The third-order valence-corrected chi connectivity index (χ3v) is 3.45. The second kappa shape index (κ2) is 7.40. The second-order valence-corrected chi connectivity index (χ2v) is 8.20. The summed E-state index contributed by atoms with van der Waals surface area (Å²) in [6.07, 6.45) is 6.08. The van der Waals surface area contributed by atoms with E-state index in [9.17, 15) is 0 Å². The summed E-state index contributed by atoms with van der Waals surface area (Å²) in [7, 11) is 0. The molecule has 0 aromatic carbocycles. The minimum absolute atomic E-state index is 0.160. The van der Waals surface area contributed by atoms with Gasteiger partial charge in [-0.1, -0.05) is 13.3 Å². The number of rotatable bonds is 6. The van der Waals surface area contributed by atoms with E-state index in [1.54, 1.807) is 0 Å². The van der Waals surface area contributed by atoms with Crippen molar-refractivity contribution in [1.82, 2.24) is 0 Å². The van der Waals surface area contributed by atoms with Crippen molar-refractivity contribution in [3.8, 4) is 0 Å². The molecule has 0 heterocycles. The highest BCUT2D eigenvalue weighted by atomic mass is 17.2. The standard InChI is InChI=1S/C17H34O4/c1-8-11-17(21-20-16(5,6)7)12-9-14(10-13-17)18-19-15(2,3)4/h14H,8-13H2,1-7H3. The Morgan fingerprint density at radius 1 is 0.905 bits per heavy atom. The molecule has 1 saturated carbocycles. The summed E-state index contributed by atoms with van der Waals surface area (Å²) in [6, 6.07) is 0. The van der Waals surface area contributed by atoms with Crippen LogP contribution in [0.5, 0.6) is 0 Å². The highest BCUT2D eigenvalue weighted by Crippen LogP contribution is 2.38. The lowest BCUT2D eigenvalue weighted by Gasteiger charge is -2.40. The van der Waals surface area contributed by atoms with Crippen LogP contribution in [0.2, 0.25) is 0 Å². The Kier molecular flexibility index (Phi) is 6.66. The van der Waals surface area contributed by atoms with Crippen LogP contribution in [-0.4, -0.2) is 22.9 Å². The quantitative estimate of drug-likeness (QED) is 0.513. The first-order valence-corrected chi connectivity index (χ1v) is 8.27. The van der Waals surface area contributed by atoms with Crippen molar-refractivity contribution in [2.45, 2.75) is 110 Å². The molecule has 0 saturated heterocycles. The van der Waals surface area contributed by atoms with E-state index in [2.05, 4.69) is 6.92 Å². The Hall–Kier alpha value is -0.160. The average Bonchev–Trinajstić information content (AvgIpc) is 2.35. The Bertz CT molecular complexity index is 293. The van der Waals surface area contributed by atoms with Gasteiger partial charge in [0.05, 0.1) is 17.3 Å². The van der Waals surface area contributed by atoms with E-state index in [0.29, 0.717) is 0 Å². The minimum atomic E-state index is -0.274. The number of hydrogen-bond donors (Lipinski definition) is 0. The maximum Gasteiger partial charge on any atom is 0.104 e. The van der Waals surface area contributed by atoms with E-state index >= 15 is 0 Å². The zero-order valence-electron chi connectivity index (χ0n) is 15.0. The molecule has 0 atom stereocenters. The third-order valence-electron chi connectivity index (χ3n) is 3.45. The first kappa shape index (κ1) is 18.9. The van der Waals surface area contributed by atoms with Gasteiger partial charge in [0.15, 0.2) is 0 Å². The van der Waals surface area contributed by atoms with Crippen LogP contribution >= 0.6 is 0 Å². The largest absolute Gasteiger partial charge is 0.233 e. The van der Waals surface area contributed by atoms with Crippen LogP contribution < -0.4 is 0 Å². The fourth-order valence-electron chi connectivity index (χ4n) is 2.47. The van der Waals surface area contributed by atoms with Gasteiger partial charge < -0.3 is 0 Å². The van der Waals surface area contributed by atoms with Crippen LogP contribution in [-0.2, 0) is 19.6 Å². The first-order valence-electron chi connectivity index (χ1n) is 8.27. The molecule has 1 rings (SSSR count).